The second kappa shape index (κ2) is 13.2. The molecule has 1 aliphatic rings. The zero-order chi connectivity index (χ0) is 22.8. The van der Waals surface area contributed by atoms with Crippen LogP contribution in [0, 0.1) is 0 Å². The molecule has 1 aromatic heterocycles. The van der Waals surface area contributed by atoms with Crippen LogP contribution in [-0.4, -0.2) is 96.5 Å². The molecule has 1 fully saturated rings. The van der Waals surface area contributed by atoms with Gasteiger partial charge in [-0.2, -0.15) is 15.0 Å². The summed E-state index contributed by atoms with van der Waals surface area (Å²) < 4.78 is 21.7. The number of thioether (sulfide) groups is 2. The molecule has 0 aliphatic carbocycles. The van der Waals surface area contributed by atoms with Crippen molar-refractivity contribution in [2.75, 3.05) is 74.4 Å². The Morgan fingerprint density at radius 1 is 1.00 bits per heavy atom. The van der Waals surface area contributed by atoms with E-state index < -0.39 is 0 Å². The normalized spacial score (nSPS) is 18.6. The molecule has 2 heterocycles. The zero-order valence-corrected chi connectivity index (χ0v) is 20.0. The van der Waals surface area contributed by atoms with E-state index in [1.807, 2.05) is 0 Å². The molecule has 1 saturated heterocycles. The van der Waals surface area contributed by atoms with Crippen LogP contribution >= 0.6 is 23.5 Å². The van der Waals surface area contributed by atoms with Crippen molar-refractivity contribution >= 4 is 47.3 Å². The first-order chi connectivity index (χ1) is 14.9. The van der Waals surface area contributed by atoms with Crippen molar-refractivity contribution in [3.63, 3.8) is 0 Å². The Morgan fingerprint density at radius 2 is 1.61 bits per heavy atom. The molecular weight excluding hydrogens is 448 g/mol. The first kappa shape index (κ1) is 25.8. The van der Waals surface area contributed by atoms with E-state index in [0.717, 1.165) is 16.6 Å². The van der Waals surface area contributed by atoms with Crippen LogP contribution in [0.3, 0.4) is 0 Å². The lowest BCUT2D eigenvalue weighted by molar-refractivity contribution is -0.117. The Kier molecular flexibility index (Phi) is 11.0. The third-order valence-corrected chi connectivity index (χ3v) is 6.91. The lowest BCUT2D eigenvalue weighted by atomic mass is 10.6. The van der Waals surface area contributed by atoms with E-state index in [9.17, 15) is 10.0 Å². The quantitative estimate of drug-likeness (QED) is 0.342. The van der Waals surface area contributed by atoms with Crippen LogP contribution in [0.1, 0.15) is 13.8 Å². The predicted molar refractivity (Wildman–Crippen MR) is 119 cm³/mol. The molecule has 0 spiro atoms. The summed E-state index contributed by atoms with van der Waals surface area (Å²) >= 11 is 3.37. The number of hydrogen-bond acceptors (Lipinski definition) is 13. The van der Waals surface area contributed by atoms with Crippen molar-refractivity contribution in [1.29, 1.82) is 0 Å². The molecule has 2 unspecified atom stereocenters. The van der Waals surface area contributed by atoms with Gasteiger partial charge in [0.25, 0.3) is 5.95 Å². The number of carbonyl (C=O) groups is 1. The topological polar surface area (TPSA) is 123 Å². The highest BCUT2D eigenvalue weighted by atomic mass is 32.2. The molecule has 14 heteroatoms. The smallest absolute Gasteiger partial charge is 0.256 e. The van der Waals surface area contributed by atoms with Gasteiger partial charge in [0.05, 0.1) is 0 Å². The van der Waals surface area contributed by atoms with E-state index in [4.69, 9.17) is 18.9 Å². The Bertz CT molecular complexity index is 697. The molecule has 31 heavy (non-hydrogen) atoms. The summed E-state index contributed by atoms with van der Waals surface area (Å²) in [5.74, 6) is 1.54. The molecule has 0 bridgehead atoms. The number of carbonyl (C=O) groups excluding carboxylic acids is 1. The van der Waals surface area contributed by atoms with Gasteiger partial charge in [-0.1, -0.05) is 0 Å². The average molecular weight is 479 g/mol. The number of methoxy groups -OCH3 is 3. The molecule has 2 atom stereocenters. The maximum absolute atomic E-state index is 12.1. The van der Waals surface area contributed by atoms with Crippen LogP contribution in [0.25, 0.3) is 0 Å². The minimum absolute atomic E-state index is 0.00325. The van der Waals surface area contributed by atoms with Crippen LogP contribution in [0.5, 0.6) is 0 Å². The molecule has 1 N–H and O–H groups in total. The van der Waals surface area contributed by atoms with Crippen molar-refractivity contribution < 1.29 is 28.9 Å². The third kappa shape index (κ3) is 7.59. The molecule has 12 nitrogen and oxygen atoms in total. The largest absolute Gasteiger partial charge is 0.370 e. The summed E-state index contributed by atoms with van der Waals surface area (Å²) in [5.41, 5.74) is 0.139. The molecule has 2 rings (SSSR count). The molecule has 0 aromatic carbocycles. The van der Waals surface area contributed by atoms with Gasteiger partial charge < -0.3 is 18.9 Å². The fourth-order valence-corrected chi connectivity index (χ4v) is 4.97. The standard InChI is InChI=1S/C17H30N6O6S2/c1-6-23(25)17-19-15(18-16(20-17)22(11-27-4)12(2)24)21(9-26-3)10-29-14-8-30-13(28-5)7-31-14/h13-14,25H,6-11H2,1-5H3. The number of nitrogens with zero attached hydrogens (tertiary/aromatic N) is 6. The average Bonchev–Trinajstić information content (AvgIpc) is 2.79. The van der Waals surface area contributed by atoms with E-state index in [1.54, 1.807) is 49.6 Å². The number of aromatic nitrogens is 3. The molecule has 176 valence electrons. The van der Waals surface area contributed by atoms with E-state index in [1.165, 1.54) is 18.9 Å². The van der Waals surface area contributed by atoms with Crippen molar-refractivity contribution in [3.05, 3.63) is 0 Å². The fourth-order valence-electron chi connectivity index (χ4n) is 2.46. The third-order valence-electron chi connectivity index (χ3n) is 4.09. The lowest BCUT2D eigenvalue weighted by Gasteiger charge is -2.30. The van der Waals surface area contributed by atoms with Crippen LogP contribution in [0.4, 0.5) is 17.8 Å². The van der Waals surface area contributed by atoms with Crippen molar-refractivity contribution in [2.45, 2.75) is 24.7 Å². The number of hydroxylamine groups is 1. The minimum Gasteiger partial charge on any atom is -0.370 e. The molecule has 1 amide bonds. The summed E-state index contributed by atoms with van der Waals surface area (Å²) in [7, 11) is 4.70. The Hall–Kier alpha value is -1.42. The molecule has 0 saturated carbocycles. The van der Waals surface area contributed by atoms with E-state index in [-0.39, 0.29) is 61.4 Å². The van der Waals surface area contributed by atoms with Gasteiger partial charge >= 0.3 is 0 Å². The number of rotatable bonds is 12. The van der Waals surface area contributed by atoms with Crippen LogP contribution in [0.15, 0.2) is 0 Å². The van der Waals surface area contributed by atoms with Gasteiger partial charge in [0.2, 0.25) is 17.8 Å². The zero-order valence-electron chi connectivity index (χ0n) is 18.4. The monoisotopic (exact) mass is 478 g/mol. The van der Waals surface area contributed by atoms with Crippen LogP contribution < -0.4 is 14.9 Å². The summed E-state index contributed by atoms with van der Waals surface area (Å²) in [4.78, 5) is 27.9. The highest BCUT2D eigenvalue weighted by Crippen LogP contribution is 2.31. The van der Waals surface area contributed by atoms with E-state index in [2.05, 4.69) is 15.0 Å². The molecule has 1 aliphatic heterocycles. The van der Waals surface area contributed by atoms with E-state index >= 15 is 0 Å². The van der Waals surface area contributed by atoms with Crippen molar-refractivity contribution in [1.82, 2.24) is 15.0 Å². The summed E-state index contributed by atoms with van der Waals surface area (Å²) in [6, 6.07) is 0. The maximum atomic E-state index is 12.1. The van der Waals surface area contributed by atoms with Gasteiger partial charge in [-0.3, -0.25) is 19.8 Å². The molecule has 1 aromatic rings. The number of amides is 1. The van der Waals surface area contributed by atoms with Gasteiger partial charge in [0.15, 0.2) is 0 Å². The maximum Gasteiger partial charge on any atom is 0.256 e. The Labute approximate surface area is 190 Å². The van der Waals surface area contributed by atoms with Gasteiger partial charge in [-0.05, 0) is 6.92 Å². The van der Waals surface area contributed by atoms with Gasteiger partial charge in [-0.25, -0.2) is 5.06 Å². The fraction of sp³-hybridized carbons (Fsp3) is 0.765. The van der Waals surface area contributed by atoms with Crippen molar-refractivity contribution in [3.8, 4) is 0 Å². The highest BCUT2D eigenvalue weighted by Gasteiger charge is 2.25. The Morgan fingerprint density at radius 3 is 2.16 bits per heavy atom. The van der Waals surface area contributed by atoms with Gasteiger partial charge in [0, 0.05) is 46.3 Å². The molecule has 0 radical (unpaired) electrons. The van der Waals surface area contributed by atoms with Crippen LogP contribution in [0.2, 0.25) is 0 Å². The lowest BCUT2D eigenvalue weighted by Crippen LogP contribution is -2.37. The second-order valence-corrected chi connectivity index (χ2v) is 8.72. The Balaban J connectivity index is 2.25. The summed E-state index contributed by atoms with van der Waals surface area (Å²) in [6.45, 7) is 3.59. The summed E-state index contributed by atoms with van der Waals surface area (Å²) in [5, 5.41) is 11.0. The van der Waals surface area contributed by atoms with E-state index in [0.29, 0.717) is 0 Å². The van der Waals surface area contributed by atoms with Gasteiger partial charge in [0.1, 0.15) is 31.1 Å². The number of ether oxygens (including phenoxy) is 4. The predicted octanol–water partition coefficient (Wildman–Crippen LogP) is 1.21. The first-order valence-corrected chi connectivity index (χ1v) is 11.6. The second-order valence-electron chi connectivity index (χ2n) is 6.33. The number of anilines is 3. The molecular formula is C17H30N6O6S2. The van der Waals surface area contributed by atoms with Gasteiger partial charge in [-0.15, -0.1) is 23.5 Å². The highest BCUT2D eigenvalue weighted by molar-refractivity contribution is 8.06. The SMILES string of the molecule is CCN(O)c1nc(N(COC)COC2CSC(OC)CS2)nc(N(COC)C(C)=O)n1. The van der Waals surface area contributed by atoms with Crippen LogP contribution in [-0.2, 0) is 23.7 Å². The number of hydrogen-bond donors (Lipinski definition) is 1. The summed E-state index contributed by atoms with van der Waals surface area (Å²) in [6.07, 6.45) is 0. The first-order valence-electron chi connectivity index (χ1n) is 9.54. The van der Waals surface area contributed by atoms with Crippen molar-refractivity contribution in [2.24, 2.45) is 0 Å². The minimum atomic E-state index is -0.316.